The number of hydrogen-bond acceptors (Lipinski definition) is 2. The number of carbonyl (C=O) groups excluding carboxylic acids is 1. The van der Waals surface area contributed by atoms with E-state index in [1.54, 1.807) is 6.92 Å². The van der Waals surface area contributed by atoms with Crippen molar-refractivity contribution >= 4 is 6.16 Å². The lowest BCUT2D eigenvalue weighted by Gasteiger charge is -1.91. The Bertz CT molecular complexity index is 126. The van der Waals surface area contributed by atoms with Crippen LogP contribution in [-0.2, 0) is 9.84 Å². The Balaban J connectivity index is 3.56. The zero-order valence-electron chi connectivity index (χ0n) is 5.51. The standard InChI is InChI=1S/C6H9O3/c1-3-5(2)4-9-6(7)8/h4H,3H2,1-2H3/b5-4+. The lowest BCUT2D eigenvalue weighted by atomic mass is 10.3. The molecule has 0 aromatic rings. The fourth-order valence-corrected chi connectivity index (χ4v) is 0.232. The second-order valence-corrected chi connectivity index (χ2v) is 1.69. The Hall–Kier alpha value is -0.990. The van der Waals surface area contributed by atoms with Gasteiger partial charge < -0.3 is 4.74 Å². The van der Waals surface area contributed by atoms with Crippen LogP contribution < -0.4 is 0 Å². The molecule has 3 heteroatoms. The number of carbonyl (C=O) groups is 1. The van der Waals surface area contributed by atoms with Gasteiger partial charge in [0.15, 0.2) is 0 Å². The summed E-state index contributed by atoms with van der Waals surface area (Å²) in [5.41, 5.74) is 0.874. The molecule has 0 amide bonds. The largest absolute Gasteiger partial charge is 0.555 e. The van der Waals surface area contributed by atoms with Gasteiger partial charge in [0.1, 0.15) is 0 Å². The van der Waals surface area contributed by atoms with Crippen molar-refractivity contribution in [1.29, 1.82) is 0 Å². The van der Waals surface area contributed by atoms with Crippen molar-refractivity contribution in [1.82, 2.24) is 0 Å². The number of allylic oxidation sites excluding steroid dienone is 1. The van der Waals surface area contributed by atoms with Gasteiger partial charge in [-0.1, -0.05) is 6.92 Å². The van der Waals surface area contributed by atoms with E-state index in [9.17, 15) is 9.90 Å². The van der Waals surface area contributed by atoms with Gasteiger partial charge in [-0.3, -0.25) is 0 Å². The van der Waals surface area contributed by atoms with E-state index >= 15 is 0 Å². The third kappa shape index (κ3) is 4.87. The summed E-state index contributed by atoms with van der Waals surface area (Å²) in [7, 11) is 0. The van der Waals surface area contributed by atoms with Crippen LogP contribution in [0.1, 0.15) is 20.3 Å². The van der Waals surface area contributed by atoms with Crippen LogP contribution in [-0.4, -0.2) is 6.16 Å². The van der Waals surface area contributed by atoms with Gasteiger partial charge in [-0.15, -0.1) is 0 Å². The summed E-state index contributed by atoms with van der Waals surface area (Å²) in [6.45, 7) is 3.69. The topological polar surface area (TPSA) is 46.2 Å². The monoisotopic (exact) mass is 129 g/mol. The molecule has 0 heterocycles. The van der Waals surface area contributed by atoms with Gasteiger partial charge in [-0.05, 0) is 18.9 Å². The van der Waals surface area contributed by atoms with Gasteiger partial charge in [-0.2, -0.15) is 9.90 Å². The number of rotatable bonds is 2. The summed E-state index contributed by atoms with van der Waals surface area (Å²) in [5.74, 6) is 0. The molecular formula is C6H9O3. The van der Waals surface area contributed by atoms with Crippen LogP contribution in [0.5, 0.6) is 0 Å². The minimum atomic E-state index is -1.51. The predicted molar refractivity (Wildman–Crippen MR) is 31.2 cm³/mol. The highest BCUT2D eigenvalue weighted by molar-refractivity contribution is 5.57. The van der Waals surface area contributed by atoms with Crippen molar-refractivity contribution in [2.45, 2.75) is 20.3 Å². The highest BCUT2D eigenvalue weighted by atomic mass is 16.7. The van der Waals surface area contributed by atoms with Crippen molar-refractivity contribution in [2.75, 3.05) is 0 Å². The molecule has 0 rings (SSSR count). The third-order valence-electron chi connectivity index (χ3n) is 0.914. The van der Waals surface area contributed by atoms with E-state index in [-0.39, 0.29) is 0 Å². The Kier molecular flexibility index (Phi) is 3.51. The van der Waals surface area contributed by atoms with Crippen molar-refractivity contribution in [3.8, 4) is 0 Å². The smallest absolute Gasteiger partial charge is 0.401 e. The predicted octanol–water partition coefficient (Wildman–Crippen LogP) is 1.87. The molecule has 9 heavy (non-hydrogen) atoms. The maximum absolute atomic E-state index is 9.64. The lowest BCUT2D eigenvalue weighted by Crippen LogP contribution is -1.90. The SMILES string of the molecule is CC/C(C)=C/OC([O])=O. The van der Waals surface area contributed by atoms with Crippen LogP contribution in [0.25, 0.3) is 0 Å². The normalized spacial score (nSPS) is 11.1. The van der Waals surface area contributed by atoms with Crippen molar-refractivity contribution in [3.63, 3.8) is 0 Å². The molecule has 0 aromatic heterocycles. The maximum Gasteiger partial charge on any atom is 0.555 e. The van der Waals surface area contributed by atoms with Crippen LogP contribution in [0.15, 0.2) is 11.8 Å². The summed E-state index contributed by atoms with van der Waals surface area (Å²) in [5, 5.41) is 9.64. The molecule has 0 aliphatic carbocycles. The first-order valence-corrected chi connectivity index (χ1v) is 2.70. The summed E-state index contributed by atoms with van der Waals surface area (Å²) >= 11 is 0. The molecule has 0 N–H and O–H groups in total. The molecule has 51 valence electrons. The quantitative estimate of drug-likeness (QED) is 0.422. The highest BCUT2D eigenvalue weighted by Crippen LogP contribution is 1.97. The minimum Gasteiger partial charge on any atom is -0.401 e. The summed E-state index contributed by atoms with van der Waals surface area (Å²) < 4.78 is 4.04. The number of hydrogen-bond donors (Lipinski definition) is 0. The first kappa shape index (κ1) is 8.01. The van der Waals surface area contributed by atoms with Gasteiger partial charge in [0.25, 0.3) is 0 Å². The van der Waals surface area contributed by atoms with Crippen LogP contribution >= 0.6 is 0 Å². The molecule has 0 fully saturated rings. The van der Waals surface area contributed by atoms with Crippen LogP contribution in [0.4, 0.5) is 4.79 Å². The van der Waals surface area contributed by atoms with E-state index in [1.165, 1.54) is 6.26 Å². The van der Waals surface area contributed by atoms with E-state index in [1.807, 2.05) is 6.92 Å². The lowest BCUT2D eigenvalue weighted by molar-refractivity contribution is 0.100. The van der Waals surface area contributed by atoms with E-state index < -0.39 is 6.16 Å². The van der Waals surface area contributed by atoms with Gasteiger partial charge in [0, 0.05) is 0 Å². The Morgan fingerprint density at radius 3 is 2.56 bits per heavy atom. The fraction of sp³-hybridized carbons (Fsp3) is 0.500. The van der Waals surface area contributed by atoms with Gasteiger partial charge in [0.05, 0.1) is 6.26 Å². The van der Waals surface area contributed by atoms with E-state index in [2.05, 4.69) is 4.74 Å². The zero-order chi connectivity index (χ0) is 7.28. The Morgan fingerprint density at radius 1 is 1.67 bits per heavy atom. The van der Waals surface area contributed by atoms with E-state index in [0.717, 1.165) is 12.0 Å². The summed E-state index contributed by atoms with van der Waals surface area (Å²) in [6, 6.07) is 0. The van der Waals surface area contributed by atoms with Crippen LogP contribution in [0.3, 0.4) is 0 Å². The molecule has 3 nitrogen and oxygen atoms in total. The first-order valence-electron chi connectivity index (χ1n) is 2.70. The Labute approximate surface area is 53.9 Å². The van der Waals surface area contributed by atoms with E-state index in [0.29, 0.717) is 0 Å². The summed E-state index contributed by atoms with van der Waals surface area (Å²) in [4.78, 5) is 9.64. The molecule has 0 saturated heterocycles. The second-order valence-electron chi connectivity index (χ2n) is 1.69. The van der Waals surface area contributed by atoms with Crippen LogP contribution in [0, 0.1) is 0 Å². The average molecular weight is 129 g/mol. The molecule has 0 unspecified atom stereocenters. The van der Waals surface area contributed by atoms with Gasteiger partial charge in [0.2, 0.25) is 0 Å². The van der Waals surface area contributed by atoms with Crippen molar-refractivity contribution < 1.29 is 14.6 Å². The molecule has 0 saturated carbocycles. The zero-order valence-corrected chi connectivity index (χ0v) is 5.51. The maximum atomic E-state index is 9.64. The second kappa shape index (κ2) is 3.95. The molecule has 0 aromatic carbocycles. The highest BCUT2D eigenvalue weighted by Gasteiger charge is 1.93. The fourth-order valence-electron chi connectivity index (χ4n) is 0.232. The molecule has 0 aliphatic rings. The molecule has 0 spiro atoms. The van der Waals surface area contributed by atoms with Crippen LogP contribution in [0.2, 0.25) is 0 Å². The molecule has 1 radical (unpaired) electrons. The third-order valence-corrected chi connectivity index (χ3v) is 0.914. The number of ether oxygens (including phenoxy) is 1. The molecule has 0 aliphatic heterocycles. The van der Waals surface area contributed by atoms with E-state index in [4.69, 9.17) is 0 Å². The molecule has 0 bridgehead atoms. The molecular weight excluding hydrogens is 120 g/mol. The van der Waals surface area contributed by atoms with Gasteiger partial charge >= 0.3 is 6.16 Å². The minimum absolute atomic E-state index is 0.785. The average Bonchev–Trinajstić information content (AvgIpc) is 1.83. The van der Waals surface area contributed by atoms with Gasteiger partial charge in [-0.25, -0.2) is 0 Å². The summed E-state index contributed by atoms with van der Waals surface area (Å²) in [6.07, 6.45) is 0.450. The molecule has 0 atom stereocenters. The van der Waals surface area contributed by atoms with Crippen molar-refractivity contribution in [2.24, 2.45) is 0 Å². The Morgan fingerprint density at radius 2 is 2.22 bits per heavy atom. The first-order chi connectivity index (χ1) is 4.16. The van der Waals surface area contributed by atoms with Crippen molar-refractivity contribution in [3.05, 3.63) is 11.8 Å².